The van der Waals surface area contributed by atoms with Gasteiger partial charge in [-0.2, -0.15) is 0 Å². The van der Waals surface area contributed by atoms with Gasteiger partial charge in [-0.1, -0.05) is 112 Å². The van der Waals surface area contributed by atoms with Gasteiger partial charge < -0.3 is 40.3 Å². The SMILES string of the molecule is CC/C=C\C/C=C\C/C=C\C/C=C\C/C=C\C/C=C\CCC(=O)NC(COC1OC(CO)C(O)C(O)C1O)C(O)CCCCCC. The zero-order valence-corrected chi connectivity index (χ0v) is 28.0. The minimum atomic E-state index is -1.57. The number of rotatable bonds is 25. The van der Waals surface area contributed by atoms with Crippen molar-refractivity contribution in [2.45, 2.75) is 140 Å². The number of nitrogens with one attached hydrogen (secondary N) is 1. The molecule has 0 bridgehead atoms. The molecule has 1 saturated heterocycles. The number of hydrogen-bond donors (Lipinski definition) is 6. The van der Waals surface area contributed by atoms with Crippen LogP contribution in [0.15, 0.2) is 72.9 Å². The molecule has 0 aromatic carbocycles. The Morgan fingerprint density at radius 3 is 1.83 bits per heavy atom. The highest BCUT2D eigenvalue weighted by molar-refractivity contribution is 5.76. The Morgan fingerprint density at radius 2 is 1.30 bits per heavy atom. The summed E-state index contributed by atoms with van der Waals surface area (Å²) in [6.07, 6.45) is 28.4. The molecule has 262 valence electrons. The van der Waals surface area contributed by atoms with Crippen molar-refractivity contribution in [3.8, 4) is 0 Å². The molecule has 6 N–H and O–H groups in total. The molecule has 0 spiro atoms. The molecule has 0 aromatic heterocycles. The van der Waals surface area contributed by atoms with Crippen LogP contribution in [0, 0.1) is 0 Å². The predicted octanol–water partition coefficient (Wildman–Crippen LogP) is 5.10. The Morgan fingerprint density at radius 1 is 0.761 bits per heavy atom. The van der Waals surface area contributed by atoms with E-state index in [2.05, 4.69) is 79.9 Å². The maximum absolute atomic E-state index is 12.7. The lowest BCUT2D eigenvalue weighted by Gasteiger charge is -2.40. The van der Waals surface area contributed by atoms with Crippen LogP contribution in [-0.4, -0.2) is 87.5 Å². The van der Waals surface area contributed by atoms with Crippen molar-refractivity contribution in [2.24, 2.45) is 0 Å². The van der Waals surface area contributed by atoms with Gasteiger partial charge in [-0.25, -0.2) is 0 Å². The molecule has 46 heavy (non-hydrogen) atoms. The van der Waals surface area contributed by atoms with Crippen molar-refractivity contribution < 1.29 is 39.8 Å². The van der Waals surface area contributed by atoms with Gasteiger partial charge >= 0.3 is 0 Å². The number of carbonyl (C=O) groups excluding carboxylic acids is 1. The molecule has 9 nitrogen and oxygen atoms in total. The lowest BCUT2D eigenvalue weighted by molar-refractivity contribution is -0.302. The molecule has 0 saturated carbocycles. The van der Waals surface area contributed by atoms with E-state index < -0.39 is 49.5 Å². The van der Waals surface area contributed by atoms with Crippen LogP contribution in [0.1, 0.15) is 97.3 Å². The minimum Gasteiger partial charge on any atom is -0.394 e. The average Bonchev–Trinajstić information content (AvgIpc) is 3.05. The largest absolute Gasteiger partial charge is 0.394 e. The first kappa shape index (κ1) is 41.7. The normalized spacial score (nSPS) is 24.0. The van der Waals surface area contributed by atoms with Gasteiger partial charge in [0.05, 0.1) is 25.4 Å². The number of allylic oxidation sites excluding steroid dienone is 12. The number of ether oxygens (including phenoxy) is 2. The molecule has 1 fully saturated rings. The van der Waals surface area contributed by atoms with E-state index in [4.69, 9.17) is 9.47 Å². The molecule has 1 aliphatic rings. The van der Waals surface area contributed by atoms with E-state index in [9.17, 15) is 30.3 Å². The lowest BCUT2D eigenvalue weighted by atomic mass is 9.99. The van der Waals surface area contributed by atoms with Crippen molar-refractivity contribution in [1.29, 1.82) is 0 Å². The Bertz CT molecular complexity index is 942. The summed E-state index contributed by atoms with van der Waals surface area (Å²) in [6, 6.07) is -0.758. The second-order valence-corrected chi connectivity index (χ2v) is 11.6. The lowest BCUT2D eigenvalue weighted by Crippen LogP contribution is -2.60. The Balaban J connectivity index is 2.40. The maximum Gasteiger partial charge on any atom is 0.220 e. The maximum atomic E-state index is 12.7. The third-order valence-electron chi connectivity index (χ3n) is 7.59. The summed E-state index contributed by atoms with van der Waals surface area (Å²) in [6.45, 7) is 3.49. The number of aliphatic hydroxyl groups is 5. The van der Waals surface area contributed by atoms with E-state index in [0.29, 0.717) is 12.8 Å². The summed E-state index contributed by atoms with van der Waals surface area (Å²) in [4.78, 5) is 12.7. The summed E-state index contributed by atoms with van der Waals surface area (Å²) in [7, 11) is 0. The molecule has 1 aliphatic heterocycles. The fraction of sp³-hybridized carbons (Fsp3) is 0.649. The summed E-state index contributed by atoms with van der Waals surface area (Å²) in [5, 5.41) is 53.4. The van der Waals surface area contributed by atoms with E-state index in [0.717, 1.165) is 64.2 Å². The number of carbonyl (C=O) groups is 1. The second-order valence-electron chi connectivity index (χ2n) is 11.6. The highest BCUT2D eigenvalue weighted by atomic mass is 16.7. The quantitative estimate of drug-likeness (QED) is 0.0593. The summed E-state index contributed by atoms with van der Waals surface area (Å²) in [5.74, 6) is -0.241. The summed E-state index contributed by atoms with van der Waals surface area (Å²) < 4.78 is 11.0. The van der Waals surface area contributed by atoms with Gasteiger partial charge in [-0.05, 0) is 51.4 Å². The molecule has 7 atom stereocenters. The summed E-state index contributed by atoms with van der Waals surface area (Å²) >= 11 is 0. The molecule has 9 heteroatoms. The highest BCUT2D eigenvalue weighted by Gasteiger charge is 2.44. The topological polar surface area (TPSA) is 149 Å². The van der Waals surface area contributed by atoms with Crippen molar-refractivity contribution in [3.63, 3.8) is 0 Å². The predicted molar refractivity (Wildman–Crippen MR) is 184 cm³/mol. The van der Waals surface area contributed by atoms with Crippen LogP contribution in [-0.2, 0) is 14.3 Å². The molecule has 1 heterocycles. The van der Waals surface area contributed by atoms with Crippen LogP contribution < -0.4 is 5.32 Å². The molecule has 0 radical (unpaired) electrons. The highest BCUT2D eigenvalue weighted by Crippen LogP contribution is 2.22. The molecule has 1 amide bonds. The standard InChI is InChI=1S/C37H61NO8/c1-3-5-7-9-10-11-12-13-14-15-16-17-18-19-20-21-22-23-25-27-33(41)38-30(31(40)26-24-8-6-4-2)29-45-37-36(44)35(43)34(42)32(28-39)46-37/h5,7,10-11,13-14,16-17,19-20,22-23,30-32,34-37,39-40,42-44H,3-4,6,8-9,12,15,18,21,24-29H2,1-2H3,(H,38,41)/b7-5-,11-10-,14-13-,17-16-,20-19-,23-22-. The van der Waals surface area contributed by atoms with E-state index in [1.165, 1.54) is 0 Å². The third-order valence-corrected chi connectivity index (χ3v) is 7.59. The first-order valence-corrected chi connectivity index (χ1v) is 17.1. The first-order chi connectivity index (χ1) is 22.3. The Kier molecular flexibility index (Phi) is 25.1. The third kappa shape index (κ3) is 19.3. The molecule has 7 unspecified atom stereocenters. The molecular weight excluding hydrogens is 586 g/mol. The van der Waals surface area contributed by atoms with Crippen molar-refractivity contribution in [2.75, 3.05) is 13.2 Å². The zero-order valence-electron chi connectivity index (χ0n) is 28.0. The fourth-order valence-electron chi connectivity index (χ4n) is 4.77. The van der Waals surface area contributed by atoms with Crippen LogP contribution in [0.3, 0.4) is 0 Å². The van der Waals surface area contributed by atoms with Gasteiger partial charge in [0, 0.05) is 6.42 Å². The molecule has 1 rings (SSSR count). The van der Waals surface area contributed by atoms with Crippen LogP contribution >= 0.6 is 0 Å². The van der Waals surface area contributed by atoms with Crippen molar-refractivity contribution >= 4 is 5.91 Å². The van der Waals surface area contributed by atoms with E-state index >= 15 is 0 Å². The first-order valence-electron chi connectivity index (χ1n) is 17.1. The van der Waals surface area contributed by atoms with E-state index in [1.807, 2.05) is 12.2 Å². The van der Waals surface area contributed by atoms with E-state index in [-0.39, 0.29) is 18.9 Å². The van der Waals surface area contributed by atoms with Crippen molar-refractivity contribution in [1.82, 2.24) is 5.32 Å². The molecular formula is C37H61NO8. The van der Waals surface area contributed by atoms with Crippen LogP contribution in [0.5, 0.6) is 0 Å². The smallest absolute Gasteiger partial charge is 0.220 e. The number of hydrogen-bond acceptors (Lipinski definition) is 8. The number of amides is 1. The number of aliphatic hydroxyl groups excluding tert-OH is 5. The van der Waals surface area contributed by atoms with Gasteiger partial charge in [0.1, 0.15) is 24.4 Å². The Labute approximate surface area is 277 Å². The van der Waals surface area contributed by atoms with Gasteiger partial charge in [0.15, 0.2) is 6.29 Å². The average molecular weight is 648 g/mol. The van der Waals surface area contributed by atoms with Gasteiger partial charge in [-0.15, -0.1) is 0 Å². The summed E-state index contributed by atoms with van der Waals surface area (Å²) in [5.41, 5.74) is 0. The zero-order chi connectivity index (χ0) is 33.8. The minimum absolute atomic E-state index is 0.177. The Hall–Kier alpha value is -2.37. The van der Waals surface area contributed by atoms with Crippen LogP contribution in [0.4, 0.5) is 0 Å². The van der Waals surface area contributed by atoms with Crippen LogP contribution in [0.2, 0.25) is 0 Å². The van der Waals surface area contributed by atoms with E-state index in [1.54, 1.807) is 0 Å². The fourth-order valence-corrected chi connectivity index (χ4v) is 4.77. The monoisotopic (exact) mass is 647 g/mol. The number of unbranched alkanes of at least 4 members (excludes halogenated alkanes) is 3. The second kappa shape index (κ2) is 27.7. The van der Waals surface area contributed by atoms with Gasteiger partial charge in [-0.3, -0.25) is 4.79 Å². The van der Waals surface area contributed by atoms with Gasteiger partial charge in [0.2, 0.25) is 5.91 Å². The molecule has 0 aromatic rings. The van der Waals surface area contributed by atoms with Crippen molar-refractivity contribution in [3.05, 3.63) is 72.9 Å². The van der Waals surface area contributed by atoms with Gasteiger partial charge in [0.25, 0.3) is 0 Å². The molecule has 0 aliphatic carbocycles. The van der Waals surface area contributed by atoms with Crippen LogP contribution in [0.25, 0.3) is 0 Å².